The van der Waals surface area contributed by atoms with Crippen molar-refractivity contribution in [2.24, 2.45) is 5.73 Å². The Bertz CT molecular complexity index is 444. The number of carbonyl (C=O) groups excluding carboxylic acids is 1. The van der Waals surface area contributed by atoms with E-state index < -0.39 is 0 Å². The Morgan fingerprint density at radius 1 is 1.42 bits per heavy atom. The van der Waals surface area contributed by atoms with Crippen molar-refractivity contribution in [3.63, 3.8) is 0 Å². The van der Waals surface area contributed by atoms with Gasteiger partial charge in [0.05, 0.1) is 12.2 Å². The molecule has 19 heavy (non-hydrogen) atoms. The number of amides is 1. The zero-order chi connectivity index (χ0) is 13.2. The lowest BCUT2D eigenvalue weighted by molar-refractivity contribution is -0.117. The Kier molecular flexibility index (Phi) is 3.81. The molecule has 1 saturated heterocycles. The second-order valence-corrected chi connectivity index (χ2v) is 6.49. The molecule has 0 atom stereocenters. The maximum absolute atomic E-state index is 12.0. The van der Waals surface area contributed by atoms with Crippen molar-refractivity contribution in [1.82, 2.24) is 9.88 Å². The number of aryl methyl sites for hydroxylation is 2. The van der Waals surface area contributed by atoms with Crippen LogP contribution in [-0.2, 0) is 17.6 Å². The number of fused-ring (bicyclic) bond motifs is 1. The van der Waals surface area contributed by atoms with Crippen LogP contribution < -0.4 is 11.1 Å². The standard InChI is InChI=1S/C13H20N4OS/c14-9-4-6-17(7-5-9)8-12(18)16-13-15-10-2-1-3-11(10)19-13/h9H,1-8,14H2,(H,15,16,18). The van der Waals surface area contributed by atoms with Crippen molar-refractivity contribution >= 4 is 22.4 Å². The van der Waals surface area contributed by atoms with Crippen LogP contribution in [0.2, 0.25) is 0 Å². The number of aromatic nitrogens is 1. The zero-order valence-corrected chi connectivity index (χ0v) is 11.8. The number of hydrogen-bond donors (Lipinski definition) is 2. The summed E-state index contributed by atoms with van der Waals surface area (Å²) in [6.45, 7) is 2.29. The first-order valence-corrected chi connectivity index (χ1v) is 7.79. The lowest BCUT2D eigenvalue weighted by Crippen LogP contribution is -2.43. The molecule has 1 fully saturated rings. The maximum Gasteiger partial charge on any atom is 0.240 e. The van der Waals surface area contributed by atoms with Gasteiger partial charge in [-0.15, -0.1) is 11.3 Å². The molecule has 0 aromatic carbocycles. The number of nitrogens with zero attached hydrogens (tertiary/aromatic N) is 2. The summed E-state index contributed by atoms with van der Waals surface area (Å²) >= 11 is 1.63. The first kappa shape index (κ1) is 13.0. The molecule has 0 unspecified atom stereocenters. The Morgan fingerprint density at radius 3 is 2.95 bits per heavy atom. The first-order valence-electron chi connectivity index (χ1n) is 6.97. The van der Waals surface area contributed by atoms with Crippen molar-refractivity contribution in [2.75, 3.05) is 25.0 Å². The van der Waals surface area contributed by atoms with Crippen molar-refractivity contribution in [3.05, 3.63) is 10.6 Å². The number of nitrogens with one attached hydrogen (secondary N) is 1. The van der Waals surface area contributed by atoms with Crippen LogP contribution in [0.3, 0.4) is 0 Å². The van der Waals surface area contributed by atoms with Crippen LogP contribution in [0.4, 0.5) is 5.13 Å². The lowest BCUT2D eigenvalue weighted by atomic mass is 10.1. The average Bonchev–Trinajstić information content (AvgIpc) is 2.92. The fourth-order valence-corrected chi connectivity index (χ4v) is 3.78. The van der Waals surface area contributed by atoms with Gasteiger partial charge in [0.1, 0.15) is 0 Å². The molecular formula is C13H20N4OS. The number of thiazole rings is 1. The number of hydrogen-bond acceptors (Lipinski definition) is 5. The number of nitrogens with two attached hydrogens (primary N) is 1. The molecule has 104 valence electrons. The smallest absolute Gasteiger partial charge is 0.240 e. The van der Waals surface area contributed by atoms with Crippen LogP contribution in [0.25, 0.3) is 0 Å². The van der Waals surface area contributed by atoms with Crippen molar-refractivity contribution in [3.8, 4) is 0 Å². The fraction of sp³-hybridized carbons (Fsp3) is 0.692. The summed E-state index contributed by atoms with van der Waals surface area (Å²) in [4.78, 5) is 20.0. The minimum Gasteiger partial charge on any atom is -0.328 e. The highest BCUT2D eigenvalue weighted by molar-refractivity contribution is 7.15. The number of likely N-dealkylation sites (tertiary alicyclic amines) is 1. The summed E-state index contributed by atoms with van der Waals surface area (Å²) in [5.41, 5.74) is 7.04. The Balaban J connectivity index is 1.50. The van der Waals surface area contributed by atoms with Gasteiger partial charge >= 0.3 is 0 Å². The molecule has 2 aliphatic rings. The summed E-state index contributed by atoms with van der Waals surface area (Å²) in [6, 6.07) is 0.307. The van der Waals surface area contributed by atoms with E-state index in [1.165, 1.54) is 17.0 Å². The topological polar surface area (TPSA) is 71.2 Å². The summed E-state index contributed by atoms with van der Waals surface area (Å²) in [7, 11) is 0. The lowest BCUT2D eigenvalue weighted by Gasteiger charge is -2.29. The molecule has 3 N–H and O–H groups in total. The monoisotopic (exact) mass is 280 g/mol. The highest BCUT2D eigenvalue weighted by Crippen LogP contribution is 2.30. The Labute approximate surface area is 117 Å². The van der Waals surface area contributed by atoms with Gasteiger partial charge in [0.25, 0.3) is 0 Å². The number of anilines is 1. The Hall–Kier alpha value is -0.980. The van der Waals surface area contributed by atoms with E-state index in [-0.39, 0.29) is 5.91 Å². The molecule has 5 nitrogen and oxygen atoms in total. The largest absolute Gasteiger partial charge is 0.328 e. The van der Waals surface area contributed by atoms with Crippen LogP contribution in [0.15, 0.2) is 0 Å². The van der Waals surface area contributed by atoms with Gasteiger partial charge in [-0.1, -0.05) is 0 Å². The minimum atomic E-state index is 0.0443. The predicted molar refractivity (Wildman–Crippen MR) is 76.4 cm³/mol. The molecule has 0 radical (unpaired) electrons. The van der Waals surface area contributed by atoms with E-state index in [9.17, 15) is 4.79 Å². The number of piperidine rings is 1. The highest BCUT2D eigenvalue weighted by Gasteiger charge is 2.20. The summed E-state index contributed by atoms with van der Waals surface area (Å²) in [5, 5.41) is 3.69. The molecule has 0 spiro atoms. The minimum absolute atomic E-state index is 0.0443. The highest BCUT2D eigenvalue weighted by atomic mass is 32.1. The molecule has 6 heteroatoms. The molecule has 2 heterocycles. The van der Waals surface area contributed by atoms with Crippen LogP contribution in [0.5, 0.6) is 0 Å². The van der Waals surface area contributed by atoms with Gasteiger partial charge in [-0.3, -0.25) is 9.69 Å². The van der Waals surface area contributed by atoms with E-state index in [1.54, 1.807) is 11.3 Å². The summed E-state index contributed by atoms with van der Waals surface area (Å²) < 4.78 is 0. The first-order chi connectivity index (χ1) is 9.20. The van der Waals surface area contributed by atoms with Gasteiger partial charge in [-0.25, -0.2) is 4.98 Å². The predicted octanol–water partition coefficient (Wildman–Crippen LogP) is 0.993. The normalized spacial score (nSPS) is 20.5. The van der Waals surface area contributed by atoms with Gasteiger partial charge in [0, 0.05) is 24.0 Å². The van der Waals surface area contributed by atoms with E-state index >= 15 is 0 Å². The molecule has 1 aliphatic carbocycles. The van der Waals surface area contributed by atoms with Gasteiger partial charge in [-0.2, -0.15) is 0 Å². The van der Waals surface area contributed by atoms with Crippen LogP contribution in [-0.4, -0.2) is 41.5 Å². The number of carbonyl (C=O) groups is 1. The second-order valence-electron chi connectivity index (χ2n) is 5.40. The quantitative estimate of drug-likeness (QED) is 0.866. The van der Waals surface area contributed by atoms with E-state index in [0.717, 1.165) is 43.9 Å². The molecular weight excluding hydrogens is 260 g/mol. The van der Waals surface area contributed by atoms with E-state index in [0.29, 0.717) is 12.6 Å². The molecule has 1 amide bonds. The van der Waals surface area contributed by atoms with Gasteiger partial charge in [0.2, 0.25) is 5.91 Å². The van der Waals surface area contributed by atoms with Crippen molar-refractivity contribution in [2.45, 2.75) is 38.1 Å². The summed E-state index contributed by atoms with van der Waals surface area (Å²) in [6.07, 6.45) is 5.35. The zero-order valence-electron chi connectivity index (χ0n) is 11.0. The van der Waals surface area contributed by atoms with E-state index in [4.69, 9.17) is 5.73 Å². The third kappa shape index (κ3) is 3.13. The summed E-state index contributed by atoms with van der Waals surface area (Å²) in [5.74, 6) is 0.0443. The van der Waals surface area contributed by atoms with Gasteiger partial charge in [0.15, 0.2) is 5.13 Å². The van der Waals surface area contributed by atoms with Crippen LogP contribution in [0, 0.1) is 0 Å². The molecule has 3 rings (SSSR count). The third-order valence-corrected chi connectivity index (χ3v) is 4.91. The molecule has 0 bridgehead atoms. The van der Waals surface area contributed by atoms with Gasteiger partial charge in [-0.05, 0) is 32.1 Å². The van der Waals surface area contributed by atoms with E-state index in [1.807, 2.05) is 0 Å². The van der Waals surface area contributed by atoms with Crippen LogP contribution in [0.1, 0.15) is 29.8 Å². The molecule has 0 saturated carbocycles. The molecule has 1 aromatic rings. The van der Waals surface area contributed by atoms with Crippen molar-refractivity contribution in [1.29, 1.82) is 0 Å². The Morgan fingerprint density at radius 2 is 2.21 bits per heavy atom. The maximum atomic E-state index is 12.0. The average molecular weight is 280 g/mol. The second kappa shape index (κ2) is 5.56. The molecule has 1 aromatic heterocycles. The number of rotatable bonds is 3. The third-order valence-electron chi connectivity index (χ3n) is 3.84. The van der Waals surface area contributed by atoms with E-state index in [2.05, 4.69) is 15.2 Å². The van der Waals surface area contributed by atoms with Gasteiger partial charge < -0.3 is 11.1 Å². The van der Waals surface area contributed by atoms with Crippen LogP contribution >= 0.6 is 11.3 Å². The fourth-order valence-electron chi connectivity index (χ4n) is 2.72. The van der Waals surface area contributed by atoms with Crippen molar-refractivity contribution < 1.29 is 4.79 Å². The molecule has 1 aliphatic heterocycles. The SMILES string of the molecule is NC1CCN(CC(=O)Nc2nc3c(s2)CCC3)CC1.